The molecule has 1 fully saturated rings. The van der Waals surface area contributed by atoms with Crippen molar-refractivity contribution < 1.29 is 19.1 Å². The number of ketones is 2. The fourth-order valence-corrected chi connectivity index (χ4v) is 4.51. The minimum atomic E-state index is -0.420. The van der Waals surface area contributed by atoms with Crippen molar-refractivity contribution in [2.75, 3.05) is 6.79 Å². The molecule has 1 saturated carbocycles. The maximum Gasteiger partial charge on any atom is 0.231 e. The van der Waals surface area contributed by atoms with Crippen molar-refractivity contribution in [1.82, 2.24) is 0 Å². The van der Waals surface area contributed by atoms with E-state index in [9.17, 15) is 9.59 Å². The minimum Gasteiger partial charge on any atom is -0.454 e. The number of fused-ring (bicyclic) bond motifs is 1. The number of aryl methyl sites for hydroxylation is 1. The Kier molecular flexibility index (Phi) is 5.09. The van der Waals surface area contributed by atoms with Gasteiger partial charge in [0.2, 0.25) is 6.79 Å². The first kappa shape index (κ1) is 20.5. The summed E-state index contributed by atoms with van der Waals surface area (Å²) in [5.41, 5.74) is 5.48. The van der Waals surface area contributed by atoms with Crippen molar-refractivity contribution in [2.45, 2.75) is 44.9 Å². The molecule has 162 valence electrons. The Hall–Kier alpha value is -3.40. The molecule has 0 aromatic heterocycles. The molecule has 3 aromatic carbocycles. The summed E-state index contributed by atoms with van der Waals surface area (Å²) in [7, 11) is 0. The lowest BCUT2D eigenvalue weighted by Gasteiger charge is -2.17. The summed E-state index contributed by atoms with van der Waals surface area (Å²) < 4.78 is 10.9. The van der Waals surface area contributed by atoms with Crippen molar-refractivity contribution in [3.05, 3.63) is 82.9 Å². The number of carbonyl (C=O) groups excluding carboxylic acids is 2. The fraction of sp³-hybridized carbons (Fsp3) is 0.286. The number of carbonyl (C=O) groups is 2. The molecule has 32 heavy (non-hydrogen) atoms. The average Bonchev–Trinajstić information content (AvgIpc) is 3.50. The van der Waals surface area contributed by atoms with Gasteiger partial charge in [-0.2, -0.15) is 0 Å². The zero-order valence-corrected chi connectivity index (χ0v) is 18.4. The number of benzene rings is 3. The van der Waals surface area contributed by atoms with E-state index in [1.165, 1.54) is 0 Å². The molecule has 0 amide bonds. The Morgan fingerprint density at radius 3 is 2.47 bits per heavy atom. The van der Waals surface area contributed by atoms with E-state index in [-0.39, 0.29) is 18.4 Å². The van der Waals surface area contributed by atoms with E-state index >= 15 is 0 Å². The van der Waals surface area contributed by atoms with Crippen molar-refractivity contribution in [2.24, 2.45) is 0 Å². The average molecular weight is 427 g/mol. The van der Waals surface area contributed by atoms with Crippen LogP contribution >= 0.6 is 0 Å². The molecule has 2 aliphatic rings. The van der Waals surface area contributed by atoms with Crippen LogP contribution in [0.3, 0.4) is 0 Å². The standard InChI is InChI=1S/C28H26O4/c1-3-24(29)21-6-4-5-19(13-21)20-8-7-18(2)22(14-20)15-27(30)28(11-12-28)23-9-10-25-26(16-23)32-17-31-25/h4-10,13-14,16H,3,11-12,15,17H2,1-2H3. The molecule has 0 spiro atoms. The highest BCUT2D eigenvalue weighted by Crippen LogP contribution is 2.51. The van der Waals surface area contributed by atoms with Gasteiger partial charge in [-0.05, 0) is 65.8 Å². The van der Waals surface area contributed by atoms with Crippen LogP contribution in [0.15, 0.2) is 60.7 Å². The third-order valence-electron chi connectivity index (χ3n) is 6.75. The first-order valence-corrected chi connectivity index (χ1v) is 11.2. The highest BCUT2D eigenvalue weighted by atomic mass is 16.7. The zero-order valence-electron chi connectivity index (χ0n) is 18.4. The summed E-state index contributed by atoms with van der Waals surface area (Å²) in [6.45, 7) is 4.15. The number of Topliss-reactive ketones (excluding diaryl/α,β-unsaturated/α-hetero) is 2. The largest absolute Gasteiger partial charge is 0.454 e. The van der Waals surface area contributed by atoms with E-state index in [2.05, 4.69) is 18.2 Å². The molecular formula is C28H26O4. The first-order chi connectivity index (χ1) is 15.5. The Balaban J connectivity index is 1.41. The lowest BCUT2D eigenvalue weighted by Crippen LogP contribution is -2.22. The number of rotatable bonds is 7. The van der Waals surface area contributed by atoms with Crippen molar-refractivity contribution in [1.29, 1.82) is 0 Å². The molecule has 0 unspecified atom stereocenters. The van der Waals surface area contributed by atoms with E-state index in [1.807, 2.05) is 56.3 Å². The second-order valence-electron chi connectivity index (χ2n) is 8.75. The molecule has 0 N–H and O–H groups in total. The van der Waals surface area contributed by atoms with Gasteiger partial charge in [-0.1, -0.05) is 49.4 Å². The van der Waals surface area contributed by atoms with Gasteiger partial charge in [0.05, 0.1) is 5.41 Å². The quantitative estimate of drug-likeness (QED) is 0.446. The SMILES string of the molecule is CCC(=O)c1cccc(-c2ccc(C)c(CC(=O)C3(c4ccc5c(c4)OCO5)CC3)c2)c1. The summed E-state index contributed by atoms with van der Waals surface area (Å²) >= 11 is 0. The van der Waals surface area contributed by atoms with E-state index in [0.29, 0.717) is 12.8 Å². The maximum absolute atomic E-state index is 13.5. The lowest BCUT2D eigenvalue weighted by atomic mass is 9.86. The molecule has 3 aromatic rings. The van der Waals surface area contributed by atoms with E-state index in [4.69, 9.17) is 9.47 Å². The summed E-state index contributed by atoms with van der Waals surface area (Å²) in [5, 5.41) is 0. The van der Waals surface area contributed by atoms with Gasteiger partial charge >= 0.3 is 0 Å². The van der Waals surface area contributed by atoms with Crippen LogP contribution in [0.25, 0.3) is 11.1 Å². The van der Waals surface area contributed by atoms with E-state index in [0.717, 1.165) is 57.7 Å². The molecule has 0 saturated heterocycles. The second kappa shape index (κ2) is 7.94. The third kappa shape index (κ3) is 3.60. The summed E-state index contributed by atoms with van der Waals surface area (Å²) in [6.07, 6.45) is 2.61. The Morgan fingerprint density at radius 2 is 1.69 bits per heavy atom. The van der Waals surface area contributed by atoms with Gasteiger partial charge < -0.3 is 9.47 Å². The second-order valence-corrected chi connectivity index (χ2v) is 8.75. The maximum atomic E-state index is 13.5. The van der Waals surface area contributed by atoms with Gasteiger partial charge in [0.1, 0.15) is 5.78 Å². The fourth-order valence-electron chi connectivity index (χ4n) is 4.51. The van der Waals surface area contributed by atoms with Gasteiger partial charge in [0.15, 0.2) is 17.3 Å². The molecule has 1 aliphatic carbocycles. The minimum absolute atomic E-state index is 0.133. The van der Waals surface area contributed by atoms with Crippen LogP contribution in [-0.2, 0) is 16.6 Å². The molecule has 1 heterocycles. The van der Waals surface area contributed by atoms with Gasteiger partial charge in [-0.15, -0.1) is 0 Å². The number of hydrogen-bond donors (Lipinski definition) is 0. The predicted octanol–water partition coefficient (Wildman–Crippen LogP) is 5.83. The van der Waals surface area contributed by atoms with Crippen molar-refractivity contribution in [3.8, 4) is 22.6 Å². The third-order valence-corrected chi connectivity index (χ3v) is 6.75. The smallest absolute Gasteiger partial charge is 0.231 e. The topological polar surface area (TPSA) is 52.6 Å². The monoisotopic (exact) mass is 426 g/mol. The predicted molar refractivity (Wildman–Crippen MR) is 123 cm³/mol. The molecule has 4 heteroatoms. The summed E-state index contributed by atoms with van der Waals surface area (Å²) in [5.74, 6) is 1.84. The van der Waals surface area contributed by atoms with Crippen LogP contribution < -0.4 is 9.47 Å². The number of ether oxygens (including phenoxy) is 2. The van der Waals surface area contributed by atoms with Crippen LogP contribution in [-0.4, -0.2) is 18.4 Å². The number of hydrogen-bond acceptors (Lipinski definition) is 4. The Labute approximate surface area is 188 Å². The van der Waals surface area contributed by atoms with Gasteiger partial charge in [-0.25, -0.2) is 0 Å². The molecule has 1 aliphatic heterocycles. The molecule has 4 nitrogen and oxygen atoms in total. The molecule has 0 radical (unpaired) electrons. The van der Waals surface area contributed by atoms with E-state index < -0.39 is 5.41 Å². The van der Waals surface area contributed by atoms with Crippen LogP contribution in [0.1, 0.15) is 53.2 Å². The molecule has 5 rings (SSSR count). The molecular weight excluding hydrogens is 400 g/mol. The Morgan fingerprint density at radius 1 is 0.906 bits per heavy atom. The van der Waals surface area contributed by atoms with Crippen molar-refractivity contribution in [3.63, 3.8) is 0 Å². The van der Waals surface area contributed by atoms with Gasteiger partial charge in [-0.3, -0.25) is 9.59 Å². The summed E-state index contributed by atoms with van der Waals surface area (Å²) in [4.78, 5) is 25.6. The van der Waals surface area contributed by atoms with Crippen LogP contribution in [0.5, 0.6) is 11.5 Å². The van der Waals surface area contributed by atoms with Crippen molar-refractivity contribution >= 4 is 11.6 Å². The highest BCUT2D eigenvalue weighted by Gasteiger charge is 2.50. The molecule has 0 atom stereocenters. The zero-order chi connectivity index (χ0) is 22.3. The molecule has 0 bridgehead atoms. The van der Waals surface area contributed by atoms with Gasteiger partial charge in [0, 0.05) is 18.4 Å². The normalized spacial score (nSPS) is 15.4. The summed E-state index contributed by atoms with van der Waals surface area (Å²) in [6, 6.07) is 19.8. The van der Waals surface area contributed by atoms with Crippen LogP contribution in [0.4, 0.5) is 0 Å². The Bertz CT molecular complexity index is 1220. The van der Waals surface area contributed by atoms with E-state index in [1.54, 1.807) is 0 Å². The van der Waals surface area contributed by atoms with Crippen LogP contribution in [0.2, 0.25) is 0 Å². The van der Waals surface area contributed by atoms with Crippen LogP contribution in [0, 0.1) is 6.92 Å². The highest BCUT2D eigenvalue weighted by molar-refractivity contribution is 5.97. The first-order valence-electron chi connectivity index (χ1n) is 11.2. The van der Waals surface area contributed by atoms with Gasteiger partial charge in [0.25, 0.3) is 0 Å². The lowest BCUT2D eigenvalue weighted by molar-refractivity contribution is -0.120.